The van der Waals surface area contributed by atoms with E-state index in [1.807, 2.05) is 0 Å². The molecule has 5 nitrogen and oxygen atoms in total. The normalized spacial score (nSPS) is 15.7. The molecule has 0 saturated heterocycles. The van der Waals surface area contributed by atoms with Gasteiger partial charge in [0.2, 0.25) is 0 Å². The van der Waals surface area contributed by atoms with Gasteiger partial charge in [0.15, 0.2) is 0 Å². The second kappa shape index (κ2) is 8.40. The van der Waals surface area contributed by atoms with Crippen molar-refractivity contribution in [2.24, 2.45) is 0 Å². The molecular weight excluding hydrogens is 176 g/mol. The maximum absolute atomic E-state index is 9.15. The molecule has 2 unspecified atom stereocenters. The molecule has 0 aromatic rings. The van der Waals surface area contributed by atoms with Crippen LogP contribution in [0.1, 0.15) is 0 Å². The fourth-order valence-corrected chi connectivity index (χ4v) is 0.771. The van der Waals surface area contributed by atoms with Gasteiger partial charge in [-0.15, -0.1) is 0 Å². The minimum Gasteiger partial charge on any atom is -0.394 e. The van der Waals surface area contributed by atoms with E-state index < -0.39 is 6.10 Å². The maximum atomic E-state index is 9.15. The average molecular weight is 194 g/mol. The molecule has 0 spiro atoms. The van der Waals surface area contributed by atoms with Gasteiger partial charge < -0.3 is 24.4 Å². The van der Waals surface area contributed by atoms with Crippen LogP contribution >= 0.6 is 0 Å². The van der Waals surface area contributed by atoms with E-state index in [4.69, 9.17) is 24.4 Å². The Morgan fingerprint density at radius 2 is 1.85 bits per heavy atom. The largest absolute Gasteiger partial charge is 0.394 e. The van der Waals surface area contributed by atoms with Crippen molar-refractivity contribution in [3.8, 4) is 0 Å². The van der Waals surface area contributed by atoms with Gasteiger partial charge in [-0.1, -0.05) is 0 Å². The Kier molecular flexibility index (Phi) is 8.27. The highest BCUT2D eigenvalue weighted by molar-refractivity contribution is 4.55. The van der Waals surface area contributed by atoms with Crippen LogP contribution in [0.5, 0.6) is 0 Å². The van der Waals surface area contributed by atoms with Gasteiger partial charge >= 0.3 is 0 Å². The Morgan fingerprint density at radius 3 is 2.31 bits per heavy atom. The number of hydrogen-bond acceptors (Lipinski definition) is 5. The average Bonchev–Trinajstić information content (AvgIpc) is 2.13. The van der Waals surface area contributed by atoms with Gasteiger partial charge in [-0.05, 0) is 0 Å². The fraction of sp³-hybridized carbons (Fsp3) is 1.00. The van der Waals surface area contributed by atoms with Gasteiger partial charge in [0.25, 0.3) is 0 Å². The van der Waals surface area contributed by atoms with E-state index in [2.05, 4.69) is 0 Å². The molecule has 80 valence electrons. The van der Waals surface area contributed by atoms with Crippen molar-refractivity contribution >= 4 is 0 Å². The van der Waals surface area contributed by atoms with Crippen LogP contribution in [-0.2, 0) is 14.2 Å². The molecule has 0 amide bonds. The van der Waals surface area contributed by atoms with Crippen LogP contribution < -0.4 is 0 Å². The number of aliphatic hydroxyl groups excluding tert-OH is 2. The highest BCUT2D eigenvalue weighted by Gasteiger charge is 2.08. The van der Waals surface area contributed by atoms with Gasteiger partial charge in [-0.2, -0.15) is 0 Å². The summed E-state index contributed by atoms with van der Waals surface area (Å²) in [7, 11) is 3.00. The van der Waals surface area contributed by atoms with Crippen molar-refractivity contribution in [3.63, 3.8) is 0 Å². The van der Waals surface area contributed by atoms with E-state index in [9.17, 15) is 0 Å². The first-order chi connectivity index (χ1) is 6.24. The summed E-state index contributed by atoms with van der Waals surface area (Å²) < 4.78 is 14.6. The standard InChI is InChI=1S/C8H18O5/c1-11-4-7(10)5-13-6-8(3-9)12-2/h7-10H,3-6H2,1-2H3. The molecule has 0 radical (unpaired) electrons. The number of rotatable bonds is 8. The van der Waals surface area contributed by atoms with Gasteiger partial charge in [0.05, 0.1) is 26.4 Å². The Morgan fingerprint density at radius 1 is 1.15 bits per heavy atom. The zero-order valence-corrected chi connectivity index (χ0v) is 8.10. The highest BCUT2D eigenvalue weighted by Crippen LogP contribution is 1.92. The lowest BCUT2D eigenvalue weighted by Crippen LogP contribution is -2.27. The highest BCUT2D eigenvalue weighted by atomic mass is 16.5. The third-order valence-electron chi connectivity index (χ3n) is 1.51. The molecular formula is C8H18O5. The van der Waals surface area contributed by atoms with E-state index in [0.717, 1.165) is 0 Å². The van der Waals surface area contributed by atoms with Gasteiger partial charge in [-0.25, -0.2) is 0 Å². The molecule has 13 heavy (non-hydrogen) atoms. The molecule has 0 aliphatic heterocycles. The Hall–Kier alpha value is -0.200. The predicted molar refractivity (Wildman–Crippen MR) is 46.6 cm³/mol. The van der Waals surface area contributed by atoms with E-state index in [1.165, 1.54) is 14.2 Å². The Bertz CT molecular complexity index is 105. The summed E-state index contributed by atoms with van der Waals surface area (Å²) in [6.45, 7) is 0.620. The molecule has 0 aromatic carbocycles. The molecule has 0 aliphatic carbocycles. The van der Waals surface area contributed by atoms with Crippen LogP contribution in [-0.4, -0.2) is 63.1 Å². The van der Waals surface area contributed by atoms with Crippen LogP contribution in [0, 0.1) is 0 Å². The van der Waals surface area contributed by atoms with Crippen molar-refractivity contribution in [3.05, 3.63) is 0 Å². The Balaban J connectivity index is 3.32. The number of methoxy groups -OCH3 is 2. The summed E-state index contributed by atoms with van der Waals surface area (Å²) in [4.78, 5) is 0. The van der Waals surface area contributed by atoms with Crippen LogP contribution in [0.4, 0.5) is 0 Å². The van der Waals surface area contributed by atoms with Crippen molar-refractivity contribution < 1.29 is 24.4 Å². The molecule has 0 rings (SSSR count). The van der Waals surface area contributed by atoms with E-state index in [0.29, 0.717) is 0 Å². The molecule has 2 N–H and O–H groups in total. The predicted octanol–water partition coefficient (Wildman–Crippen LogP) is -0.982. The van der Waals surface area contributed by atoms with Crippen LogP contribution in [0.2, 0.25) is 0 Å². The first-order valence-corrected chi connectivity index (χ1v) is 4.13. The van der Waals surface area contributed by atoms with Crippen LogP contribution in [0.3, 0.4) is 0 Å². The van der Waals surface area contributed by atoms with Gasteiger partial charge in [0.1, 0.15) is 12.2 Å². The summed E-state index contributed by atoms with van der Waals surface area (Å²) in [5, 5.41) is 17.9. The van der Waals surface area contributed by atoms with Gasteiger partial charge in [-0.3, -0.25) is 0 Å². The molecule has 0 aliphatic rings. The smallest absolute Gasteiger partial charge is 0.103 e. The second-order valence-corrected chi connectivity index (χ2v) is 2.69. The first kappa shape index (κ1) is 12.8. The molecule has 0 heterocycles. The van der Waals surface area contributed by atoms with Crippen molar-refractivity contribution in [2.45, 2.75) is 12.2 Å². The van der Waals surface area contributed by atoms with Crippen molar-refractivity contribution in [1.29, 1.82) is 0 Å². The SMILES string of the molecule is COCC(O)COCC(CO)OC. The Labute approximate surface area is 78.2 Å². The maximum Gasteiger partial charge on any atom is 0.103 e. The lowest BCUT2D eigenvalue weighted by atomic mass is 10.4. The van der Waals surface area contributed by atoms with E-state index >= 15 is 0 Å². The summed E-state index contributed by atoms with van der Waals surface area (Å²) in [6.07, 6.45) is -0.948. The summed E-state index contributed by atoms with van der Waals surface area (Å²) >= 11 is 0. The molecule has 0 fully saturated rings. The van der Waals surface area contributed by atoms with Gasteiger partial charge in [0, 0.05) is 14.2 Å². The quantitative estimate of drug-likeness (QED) is 0.519. The number of hydrogen-bond donors (Lipinski definition) is 2. The number of aliphatic hydroxyl groups is 2. The molecule has 0 saturated carbocycles. The minimum absolute atomic E-state index is 0.0864. The summed E-state index contributed by atoms with van der Waals surface area (Å²) in [5.74, 6) is 0. The molecule has 0 aromatic heterocycles. The third-order valence-corrected chi connectivity index (χ3v) is 1.51. The lowest BCUT2D eigenvalue weighted by molar-refractivity contribution is -0.0540. The van der Waals surface area contributed by atoms with E-state index in [1.54, 1.807) is 0 Å². The van der Waals surface area contributed by atoms with Crippen LogP contribution in [0.15, 0.2) is 0 Å². The third kappa shape index (κ3) is 6.92. The molecule has 0 bridgehead atoms. The van der Waals surface area contributed by atoms with Crippen molar-refractivity contribution in [1.82, 2.24) is 0 Å². The van der Waals surface area contributed by atoms with Crippen LogP contribution in [0.25, 0.3) is 0 Å². The van der Waals surface area contributed by atoms with Crippen molar-refractivity contribution in [2.75, 3.05) is 40.6 Å². The first-order valence-electron chi connectivity index (χ1n) is 4.13. The second-order valence-electron chi connectivity index (χ2n) is 2.69. The monoisotopic (exact) mass is 194 g/mol. The topological polar surface area (TPSA) is 68.2 Å². The summed E-state index contributed by atoms with van der Waals surface area (Å²) in [5.41, 5.74) is 0. The lowest BCUT2D eigenvalue weighted by Gasteiger charge is -2.14. The zero-order chi connectivity index (χ0) is 10.1. The number of ether oxygens (including phenoxy) is 3. The molecule has 5 heteroatoms. The molecule has 2 atom stereocenters. The van der Waals surface area contributed by atoms with E-state index in [-0.39, 0.29) is 32.5 Å². The summed E-state index contributed by atoms with van der Waals surface area (Å²) in [6, 6.07) is 0. The fourth-order valence-electron chi connectivity index (χ4n) is 0.771. The minimum atomic E-state index is -0.624. The zero-order valence-electron chi connectivity index (χ0n) is 8.10.